The van der Waals surface area contributed by atoms with E-state index in [4.69, 9.17) is 0 Å². The smallest absolute Gasteiger partial charge is 0.346 e. The van der Waals surface area contributed by atoms with Gasteiger partial charge in [0.1, 0.15) is 5.82 Å². The number of carbonyl (C=O) groups is 1. The number of rotatable bonds is 12. The van der Waals surface area contributed by atoms with Crippen molar-refractivity contribution in [2.75, 3.05) is 0 Å². The fourth-order valence-electron chi connectivity index (χ4n) is 3.91. The highest BCUT2D eigenvalue weighted by Crippen LogP contribution is 2.24. The van der Waals surface area contributed by atoms with Crippen molar-refractivity contribution in [3.05, 3.63) is 76.0 Å². The summed E-state index contributed by atoms with van der Waals surface area (Å²) >= 11 is 0. The molecule has 0 fully saturated rings. The van der Waals surface area contributed by atoms with Crippen LogP contribution in [-0.4, -0.2) is 25.4 Å². The third-order valence-electron chi connectivity index (χ3n) is 5.74. The van der Waals surface area contributed by atoms with Gasteiger partial charge in [0.25, 0.3) is 0 Å². The van der Waals surface area contributed by atoms with Crippen LogP contribution in [0.25, 0.3) is 11.1 Å². The Bertz CT molecular complexity index is 1080. The van der Waals surface area contributed by atoms with Crippen molar-refractivity contribution >= 4 is 5.97 Å². The molecular formula is C26H33N3O3. The van der Waals surface area contributed by atoms with Crippen LogP contribution in [0.15, 0.2) is 53.3 Å². The number of nitrogens with zero attached hydrogens (tertiary/aromatic N) is 3. The minimum atomic E-state index is -0.941. The van der Waals surface area contributed by atoms with Crippen molar-refractivity contribution in [3.63, 3.8) is 0 Å². The molecule has 6 nitrogen and oxygen atoms in total. The van der Waals surface area contributed by atoms with E-state index in [0.717, 1.165) is 61.9 Å². The molecule has 0 bridgehead atoms. The molecule has 32 heavy (non-hydrogen) atoms. The van der Waals surface area contributed by atoms with Gasteiger partial charge in [0, 0.05) is 13.0 Å². The topological polar surface area (TPSA) is 77.1 Å². The van der Waals surface area contributed by atoms with Crippen LogP contribution in [0.2, 0.25) is 0 Å². The Hall–Kier alpha value is -3.15. The molecule has 3 aromatic rings. The minimum Gasteiger partial charge on any atom is -0.478 e. The quantitative estimate of drug-likeness (QED) is 0.387. The molecule has 0 unspecified atom stereocenters. The normalized spacial score (nSPS) is 11.1. The molecule has 0 amide bonds. The van der Waals surface area contributed by atoms with Gasteiger partial charge in [-0.05, 0) is 35.6 Å². The van der Waals surface area contributed by atoms with E-state index in [1.165, 1.54) is 0 Å². The monoisotopic (exact) mass is 435 g/mol. The van der Waals surface area contributed by atoms with E-state index in [9.17, 15) is 14.7 Å². The Kier molecular flexibility index (Phi) is 8.42. The second kappa shape index (κ2) is 11.5. The average molecular weight is 436 g/mol. The van der Waals surface area contributed by atoms with Crippen molar-refractivity contribution < 1.29 is 9.90 Å². The zero-order chi connectivity index (χ0) is 22.9. The molecule has 3 rings (SSSR count). The largest absolute Gasteiger partial charge is 0.478 e. The zero-order valence-electron chi connectivity index (χ0n) is 19.1. The summed E-state index contributed by atoms with van der Waals surface area (Å²) in [5, 5.41) is 14.1. The lowest BCUT2D eigenvalue weighted by atomic mass is 9.99. The fraction of sp³-hybridized carbons (Fsp3) is 0.423. The fourth-order valence-corrected chi connectivity index (χ4v) is 3.91. The zero-order valence-corrected chi connectivity index (χ0v) is 19.1. The van der Waals surface area contributed by atoms with E-state index < -0.39 is 5.97 Å². The first-order valence-corrected chi connectivity index (χ1v) is 11.6. The van der Waals surface area contributed by atoms with Gasteiger partial charge < -0.3 is 5.11 Å². The van der Waals surface area contributed by atoms with Gasteiger partial charge in [-0.1, -0.05) is 82.0 Å². The van der Waals surface area contributed by atoms with Crippen LogP contribution in [0.1, 0.15) is 74.1 Å². The molecule has 1 heterocycles. The average Bonchev–Trinajstić information content (AvgIpc) is 3.09. The van der Waals surface area contributed by atoms with Gasteiger partial charge in [0.2, 0.25) is 0 Å². The lowest BCUT2D eigenvalue weighted by molar-refractivity contribution is 0.0697. The maximum Gasteiger partial charge on any atom is 0.346 e. The molecule has 0 aliphatic heterocycles. The molecule has 0 radical (unpaired) electrons. The van der Waals surface area contributed by atoms with E-state index in [1.807, 2.05) is 36.4 Å². The summed E-state index contributed by atoms with van der Waals surface area (Å²) in [6.45, 7) is 5.44. The number of aromatic nitrogens is 3. The molecule has 1 N–H and O–H groups in total. The second-order valence-electron chi connectivity index (χ2n) is 8.22. The first-order valence-electron chi connectivity index (χ1n) is 11.6. The molecule has 170 valence electrons. The molecule has 0 saturated carbocycles. The first-order chi connectivity index (χ1) is 15.5. The number of hydrogen-bond acceptors (Lipinski definition) is 3. The highest BCUT2D eigenvalue weighted by atomic mass is 16.4. The predicted molar refractivity (Wildman–Crippen MR) is 127 cm³/mol. The Labute approximate surface area is 189 Å². The third kappa shape index (κ3) is 5.75. The van der Waals surface area contributed by atoms with Crippen LogP contribution in [0.4, 0.5) is 0 Å². The molecule has 0 saturated heterocycles. The SMILES string of the molecule is CCCCCc1nn(CCCCC)c(=O)n1Cc1ccc(-c2ccccc2C(=O)O)cc1. The maximum atomic E-state index is 13.0. The highest BCUT2D eigenvalue weighted by Gasteiger charge is 2.14. The van der Waals surface area contributed by atoms with Gasteiger partial charge in [-0.25, -0.2) is 14.3 Å². The Balaban J connectivity index is 1.84. The van der Waals surface area contributed by atoms with E-state index in [1.54, 1.807) is 21.4 Å². The van der Waals surface area contributed by atoms with Gasteiger partial charge in [-0.3, -0.25) is 4.57 Å². The Morgan fingerprint density at radius 1 is 0.938 bits per heavy atom. The summed E-state index contributed by atoms with van der Waals surface area (Å²) in [6, 6.07) is 14.8. The molecular weight excluding hydrogens is 402 g/mol. The number of benzene rings is 2. The summed E-state index contributed by atoms with van der Waals surface area (Å²) < 4.78 is 3.41. The van der Waals surface area contributed by atoms with Crippen LogP contribution in [0, 0.1) is 0 Å². The minimum absolute atomic E-state index is 0.0482. The van der Waals surface area contributed by atoms with Crippen molar-refractivity contribution in [1.82, 2.24) is 14.3 Å². The van der Waals surface area contributed by atoms with E-state index in [0.29, 0.717) is 18.7 Å². The van der Waals surface area contributed by atoms with Crippen molar-refractivity contribution in [2.24, 2.45) is 0 Å². The molecule has 0 aliphatic rings. The summed E-state index contributed by atoms with van der Waals surface area (Å²) in [5.74, 6) is -0.0938. The van der Waals surface area contributed by atoms with E-state index in [-0.39, 0.29) is 11.3 Å². The van der Waals surface area contributed by atoms with Gasteiger partial charge in [-0.2, -0.15) is 5.10 Å². The number of hydrogen-bond donors (Lipinski definition) is 1. The molecule has 0 aliphatic carbocycles. The van der Waals surface area contributed by atoms with Crippen LogP contribution in [0.3, 0.4) is 0 Å². The number of carboxylic acids is 1. The number of aryl methyl sites for hydroxylation is 2. The molecule has 6 heteroatoms. The van der Waals surface area contributed by atoms with Gasteiger partial charge in [-0.15, -0.1) is 0 Å². The van der Waals surface area contributed by atoms with E-state index in [2.05, 4.69) is 18.9 Å². The lowest BCUT2D eigenvalue weighted by Crippen LogP contribution is -2.26. The first kappa shape index (κ1) is 23.5. The standard InChI is InChI=1S/C26H33N3O3/c1-3-5-7-13-24-27-29(18-10-6-4-2)26(32)28(24)19-20-14-16-21(17-15-20)22-11-8-9-12-23(22)25(30)31/h8-9,11-12,14-17H,3-7,10,13,18-19H2,1-2H3,(H,30,31). The summed E-state index contributed by atoms with van der Waals surface area (Å²) in [6.07, 6.45) is 7.22. The van der Waals surface area contributed by atoms with Gasteiger partial charge in [0.15, 0.2) is 0 Å². The molecule has 1 aromatic heterocycles. The third-order valence-corrected chi connectivity index (χ3v) is 5.74. The van der Waals surface area contributed by atoms with Crippen molar-refractivity contribution in [3.8, 4) is 11.1 Å². The second-order valence-corrected chi connectivity index (χ2v) is 8.22. The van der Waals surface area contributed by atoms with Crippen LogP contribution >= 0.6 is 0 Å². The van der Waals surface area contributed by atoms with Gasteiger partial charge in [0.05, 0.1) is 12.1 Å². The highest BCUT2D eigenvalue weighted by molar-refractivity contribution is 5.95. The summed E-state index contributed by atoms with van der Waals surface area (Å²) in [7, 11) is 0. The molecule has 0 atom stereocenters. The van der Waals surface area contributed by atoms with E-state index >= 15 is 0 Å². The van der Waals surface area contributed by atoms with Crippen molar-refractivity contribution in [1.29, 1.82) is 0 Å². The molecule has 0 spiro atoms. The predicted octanol–water partition coefficient (Wildman–Crippen LogP) is 5.38. The molecule has 2 aromatic carbocycles. The summed E-state index contributed by atoms with van der Waals surface area (Å²) in [4.78, 5) is 24.6. The van der Waals surface area contributed by atoms with Gasteiger partial charge >= 0.3 is 11.7 Å². The number of unbranched alkanes of at least 4 members (excludes halogenated alkanes) is 4. The lowest BCUT2D eigenvalue weighted by Gasteiger charge is -2.09. The Morgan fingerprint density at radius 3 is 2.31 bits per heavy atom. The number of aromatic carboxylic acids is 1. The van der Waals surface area contributed by atoms with Crippen LogP contribution in [-0.2, 0) is 19.5 Å². The van der Waals surface area contributed by atoms with Crippen LogP contribution in [0.5, 0.6) is 0 Å². The maximum absolute atomic E-state index is 13.0. The van der Waals surface area contributed by atoms with Crippen LogP contribution < -0.4 is 5.69 Å². The summed E-state index contributed by atoms with van der Waals surface area (Å²) in [5.41, 5.74) is 2.76. The van der Waals surface area contributed by atoms with Crippen molar-refractivity contribution in [2.45, 2.75) is 71.9 Å². The number of carboxylic acid groups (broad SMARTS) is 1. The Morgan fingerprint density at radius 2 is 1.62 bits per heavy atom.